The minimum Gasteiger partial charge on any atom is -0.477 e. The molecule has 0 unspecified atom stereocenters. The van der Waals surface area contributed by atoms with Crippen molar-refractivity contribution >= 4 is 11.8 Å². The lowest BCUT2D eigenvalue weighted by Crippen LogP contribution is -2.06. The van der Waals surface area contributed by atoms with Crippen molar-refractivity contribution in [1.29, 1.82) is 0 Å². The summed E-state index contributed by atoms with van der Waals surface area (Å²) in [5.74, 6) is -0.716. The molecule has 122 valence electrons. The van der Waals surface area contributed by atoms with Crippen LogP contribution in [0.3, 0.4) is 0 Å². The van der Waals surface area contributed by atoms with Gasteiger partial charge in [0.05, 0.1) is 6.61 Å². The fourth-order valence-corrected chi connectivity index (χ4v) is 2.42. The maximum Gasteiger partial charge on any atom is 0.343 e. The molecule has 0 atom stereocenters. The smallest absolute Gasteiger partial charge is 0.343 e. The fraction of sp³-hybridized carbons (Fsp3) is 0.111. The van der Waals surface area contributed by atoms with E-state index in [2.05, 4.69) is 10.5 Å². The number of nitrogens with one attached hydrogen (secondary N) is 1. The topological polar surface area (TPSA) is 95.6 Å². The highest BCUT2D eigenvalue weighted by atomic mass is 16.5. The lowest BCUT2D eigenvalue weighted by atomic mass is 10.1. The Morgan fingerprint density at radius 3 is 2.54 bits per heavy atom. The highest BCUT2D eigenvalue weighted by Gasteiger charge is 2.23. The molecule has 1 aromatic heterocycles. The van der Waals surface area contributed by atoms with Crippen LogP contribution in [0.15, 0.2) is 59.1 Å². The third-order valence-corrected chi connectivity index (χ3v) is 3.58. The van der Waals surface area contributed by atoms with Crippen LogP contribution in [0.2, 0.25) is 0 Å². The zero-order chi connectivity index (χ0) is 16.9. The van der Waals surface area contributed by atoms with E-state index >= 15 is 0 Å². The summed E-state index contributed by atoms with van der Waals surface area (Å²) in [6.07, 6.45) is 0. The second-order valence-electron chi connectivity index (χ2n) is 5.24. The van der Waals surface area contributed by atoms with E-state index in [4.69, 9.17) is 9.63 Å². The second-order valence-corrected chi connectivity index (χ2v) is 5.24. The Morgan fingerprint density at radius 1 is 1.08 bits per heavy atom. The third-order valence-electron chi connectivity index (χ3n) is 3.58. The summed E-state index contributed by atoms with van der Waals surface area (Å²) in [6, 6.07) is 16.3. The molecule has 1 heterocycles. The molecule has 2 aromatic carbocycles. The van der Waals surface area contributed by atoms with Crippen LogP contribution in [0.5, 0.6) is 0 Å². The van der Waals surface area contributed by atoms with E-state index in [9.17, 15) is 9.90 Å². The number of hydrogen-bond acceptors (Lipinski definition) is 5. The normalized spacial score (nSPS) is 10.5. The van der Waals surface area contributed by atoms with Gasteiger partial charge in [-0.15, -0.1) is 0 Å². The Morgan fingerprint density at radius 2 is 1.83 bits per heavy atom. The van der Waals surface area contributed by atoms with Crippen LogP contribution in [0.1, 0.15) is 21.5 Å². The van der Waals surface area contributed by atoms with Gasteiger partial charge in [0.15, 0.2) is 17.1 Å². The van der Waals surface area contributed by atoms with Crippen LogP contribution in [0, 0.1) is 0 Å². The Kier molecular flexibility index (Phi) is 4.58. The number of aliphatic hydroxyl groups excluding tert-OH is 1. The summed E-state index contributed by atoms with van der Waals surface area (Å²) in [4.78, 5) is 11.6. The molecule has 0 amide bonds. The number of carbonyl (C=O) groups is 1. The fourth-order valence-electron chi connectivity index (χ4n) is 2.42. The van der Waals surface area contributed by atoms with Crippen LogP contribution < -0.4 is 5.32 Å². The summed E-state index contributed by atoms with van der Waals surface area (Å²) in [5, 5.41) is 25.5. The van der Waals surface area contributed by atoms with E-state index in [1.807, 2.05) is 30.3 Å². The molecule has 0 saturated carbocycles. The van der Waals surface area contributed by atoms with E-state index in [1.54, 1.807) is 24.3 Å². The summed E-state index contributed by atoms with van der Waals surface area (Å²) in [5.41, 5.74) is 2.34. The molecule has 0 saturated heterocycles. The van der Waals surface area contributed by atoms with E-state index in [1.165, 1.54) is 0 Å². The monoisotopic (exact) mass is 324 g/mol. The molecule has 3 N–H and O–H groups in total. The minimum absolute atomic E-state index is 0.000451. The average molecular weight is 324 g/mol. The molecule has 0 spiro atoms. The van der Waals surface area contributed by atoms with Gasteiger partial charge in [0.2, 0.25) is 0 Å². The Labute approximate surface area is 138 Å². The van der Waals surface area contributed by atoms with E-state index < -0.39 is 5.97 Å². The zero-order valence-corrected chi connectivity index (χ0v) is 12.8. The number of nitrogens with zero attached hydrogens (tertiary/aromatic N) is 1. The van der Waals surface area contributed by atoms with Crippen molar-refractivity contribution in [2.24, 2.45) is 0 Å². The van der Waals surface area contributed by atoms with Gasteiger partial charge in [-0.3, -0.25) is 0 Å². The number of carboxylic acid groups (broad SMARTS) is 1. The zero-order valence-electron chi connectivity index (χ0n) is 12.8. The predicted octanol–water partition coefficient (Wildman–Crippen LogP) is 3.14. The Bertz CT molecular complexity index is 843. The van der Waals surface area contributed by atoms with Crippen molar-refractivity contribution in [2.75, 3.05) is 5.32 Å². The molecule has 6 nitrogen and oxygen atoms in total. The Balaban J connectivity index is 1.86. The standard InChI is InChI=1S/C18H16N2O4/c21-11-13-6-4-5-12(9-13)10-19-17-15(18(22)23)16(24-20-17)14-7-2-1-3-8-14/h1-9,21H,10-11H2,(H,19,20)(H,22,23). The molecular weight excluding hydrogens is 308 g/mol. The molecule has 24 heavy (non-hydrogen) atoms. The first-order valence-electron chi connectivity index (χ1n) is 7.40. The maximum atomic E-state index is 11.6. The average Bonchev–Trinajstić information content (AvgIpc) is 3.05. The van der Waals surface area contributed by atoms with E-state index in [0.717, 1.165) is 11.1 Å². The summed E-state index contributed by atoms with van der Waals surface area (Å²) in [6.45, 7) is 0.325. The van der Waals surface area contributed by atoms with Gasteiger partial charge in [-0.25, -0.2) is 4.79 Å². The number of aromatic carboxylic acids is 1. The molecule has 6 heteroatoms. The molecule has 0 aliphatic heterocycles. The van der Waals surface area contributed by atoms with E-state index in [0.29, 0.717) is 12.1 Å². The van der Waals surface area contributed by atoms with Gasteiger partial charge in [-0.05, 0) is 11.1 Å². The molecule has 3 rings (SSSR count). The van der Waals surface area contributed by atoms with Crippen molar-refractivity contribution in [3.8, 4) is 11.3 Å². The van der Waals surface area contributed by atoms with Crippen molar-refractivity contribution in [3.05, 3.63) is 71.3 Å². The Hall–Kier alpha value is -3.12. The number of anilines is 1. The highest BCUT2D eigenvalue weighted by Crippen LogP contribution is 2.29. The van der Waals surface area contributed by atoms with Crippen LogP contribution in [0.25, 0.3) is 11.3 Å². The molecule has 0 fully saturated rings. The van der Waals surface area contributed by atoms with Gasteiger partial charge in [0.1, 0.15) is 0 Å². The molecule has 0 aliphatic rings. The lowest BCUT2D eigenvalue weighted by molar-refractivity contribution is 0.0698. The van der Waals surface area contributed by atoms with Gasteiger partial charge >= 0.3 is 5.97 Å². The quantitative estimate of drug-likeness (QED) is 0.645. The summed E-state index contributed by atoms with van der Waals surface area (Å²) < 4.78 is 5.24. The first-order chi connectivity index (χ1) is 11.7. The SMILES string of the molecule is O=C(O)c1c(NCc2cccc(CO)c2)noc1-c1ccccc1. The largest absolute Gasteiger partial charge is 0.477 e. The molecule has 3 aromatic rings. The van der Waals surface area contributed by atoms with Gasteiger partial charge < -0.3 is 20.1 Å². The number of rotatable bonds is 6. The predicted molar refractivity (Wildman–Crippen MR) is 88.6 cm³/mol. The number of hydrogen-bond donors (Lipinski definition) is 3. The van der Waals surface area contributed by atoms with Gasteiger partial charge in [0, 0.05) is 12.1 Å². The van der Waals surface area contributed by atoms with Crippen LogP contribution in [-0.4, -0.2) is 21.3 Å². The van der Waals surface area contributed by atoms with Crippen molar-refractivity contribution in [1.82, 2.24) is 5.16 Å². The summed E-state index contributed by atoms with van der Waals surface area (Å²) in [7, 11) is 0. The van der Waals surface area contributed by atoms with Gasteiger partial charge in [-0.2, -0.15) is 0 Å². The lowest BCUT2D eigenvalue weighted by Gasteiger charge is -2.05. The first kappa shape index (κ1) is 15.8. The number of carboxylic acids is 1. The van der Waals surface area contributed by atoms with Crippen molar-refractivity contribution in [2.45, 2.75) is 13.2 Å². The first-order valence-corrected chi connectivity index (χ1v) is 7.40. The number of aromatic nitrogens is 1. The van der Waals surface area contributed by atoms with Crippen LogP contribution >= 0.6 is 0 Å². The highest BCUT2D eigenvalue weighted by molar-refractivity contribution is 5.99. The minimum atomic E-state index is -1.11. The molecular formula is C18H16N2O4. The molecule has 0 bridgehead atoms. The number of benzene rings is 2. The van der Waals surface area contributed by atoms with E-state index in [-0.39, 0.29) is 23.7 Å². The number of aliphatic hydroxyl groups is 1. The molecule has 0 aliphatic carbocycles. The maximum absolute atomic E-state index is 11.6. The molecule has 0 radical (unpaired) electrons. The van der Waals surface area contributed by atoms with Crippen LogP contribution in [0.4, 0.5) is 5.82 Å². The van der Waals surface area contributed by atoms with Gasteiger partial charge in [0.25, 0.3) is 0 Å². The second kappa shape index (κ2) is 6.97. The van der Waals surface area contributed by atoms with Crippen LogP contribution in [-0.2, 0) is 13.2 Å². The third kappa shape index (κ3) is 3.28. The summed E-state index contributed by atoms with van der Waals surface area (Å²) >= 11 is 0. The van der Waals surface area contributed by atoms with Gasteiger partial charge in [-0.1, -0.05) is 59.8 Å². The van der Waals surface area contributed by atoms with Crippen molar-refractivity contribution < 1.29 is 19.5 Å². The van der Waals surface area contributed by atoms with Crippen molar-refractivity contribution in [3.63, 3.8) is 0 Å².